The van der Waals surface area contributed by atoms with Gasteiger partial charge in [0.1, 0.15) is 0 Å². The van der Waals surface area contributed by atoms with Crippen LogP contribution in [0.4, 0.5) is 0 Å². The summed E-state index contributed by atoms with van der Waals surface area (Å²) >= 11 is 0. The lowest BCUT2D eigenvalue weighted by Gasteiger charge is -2.16. The number of para-hydroxylation sites is 2. The van der Waals surface area contributed by atoms with Crippen LogP contribution in [0, 0.1) is 0 Å². The highest BCUT2D eigenvalue weighted by molar-refractivity contribution is 6.13. The van der Waals surface area contributed by atoms with E-state index in [2.05, 4.69) is 88.0 Å². The van der Waals surface area contributed by atoms with Gasteiger partial charge in [-0.3, -0.25) is 4.57 Å². The molecule has 1 aliphatic rings. The maximum atomic E-state index is 4.86. The zero-order chi connectivity index (χ0) is 25.1. The van der Waals surface area contributed by atoms with Gasteiger partial charge >= 0.3 is 0 Å². The number of fused-ring (bicyclic) bond motifs is 6. The fourth-order valence-electron chi connectivity index (χ4n) is 6.31. The fraction of sp³-hybridized carbons (Fsp3) is 0.118. The molecule has 4 nitrogen and oxygen atoms in total. The van der Waals surface area contributed by atoms with E-state index in [9.17, 15) is 0 Å². The van der Waals surface area contributed by atoms with E-state index in [1.165, 1.54) is 51.5 Å². The van der Waals surface area contributed by atoms with Crippen LogP contribution < -0.4 is 0 Å². The first-order chi connectivity index (χ1) is 18.9. The zero-order valence-corrected chi connectivity index (χ0v) is 21.0. The predicted octanol–water partition coefficient (Wildman–Crippen LogP) is 8.06. The van der Waals surface area contributed by atoms with Gasteiger partial charge in [-0.2, -0.15) is 0 Å². The molecule has 4 heteroatoms. The smallest absolute Gasteiger partial charge is 0.234 e. The van der Waals surface area contributed by atoms with Gasteiger partial charge in [0, 0.05) is 45.5 Å². The van der Waals surface area contributed by atoms with Crippen molar-refractivity contribution in [3.63, 3.8) is 0 Å². The summed E-state index contributed by atoms with van der Waals surface area (Å²) in [5.41, 5.74) is 9.91. The molecule has 3 aromatic heterocycles. The van der Waals surface area contributed by atoms with Crippen molar-refractivity contribution in [1.82, 2.24) is 19.1 Å². The average Bonchev–Trinajstić information content (AvgIpc) is 3.49. The largest absolute Gasteiger partial charge is 0.313 e. The lowest BCUT2D eigenvalue weighted by Crippen LogP contribution is -2.06. The summed E-state index contributed by atoms with van der Waals surface area (Å²) in [6, 6.07) is 34.5. The number of hydrogen-bond donors (Lipinski definition) is 0. The molecule has 0 spiro atoms. The third-order valence-corrected chi connectivity index (χ3v) is 8.02. The van der Waals surface area contributed by atoms with Crippen molar-refractivity contribution in [2.75, 3.05) is 0 Å². The van der Waals surface area contributed by atoms with E-state index in [1.54, 1.807) is 0 Å². The second-order valence-corrected chi connectivity index (χ2v) is 10.2. The summed E-state index contributed by atoms with van der Waals surface area (Å²) in [7, 11) is 0. The minimum absolute atomic E-state index is 0.701. The van der Waals surface area contributed by atoms with Crippen LogP contribution in [0.5, 0.6) is 0 Å². The second-order valence-electron chi connectivity index (χ2n) is 10.2. The molecule has 0 saturated carbocycles. The quantitative estimate of drug-likeness (QED) is 0.251. The van der Waals surface area contributed by atoms with Gasteiger partial charge in [-0.1, -0.05) is 66.7 Å². The van der Waals surface area contributed by atoms with Gasteiger partial charge in [-0.15, -0.1) is 0 Å². The van der Waals surface area contributed by atoms with Gasteiger partial charge in [0.2, 0.25) is 5.95 Å². The topological polar surface area (TPSA) is 35.6 Å². The SMILES string of the molecule is c1ccc(-c2cnc(-n3c4ccccc4c4cc5c(cc43)c3c(n5-c4ccccc4)CCCC3)nc2)cc1. The monoisotopic (exact) mass is 490 g/mol. The van der Waals surface area contributed by atoms with Crippen LogP contribution in [0.15, 0.2) is 109 Å². The summed E-state index contributed by atoms with van der Waals surface area (Å²) in [6.07, 6.45) is 8.60. The van der Waals surface area contributed by atoms with E-state index in [0.717, 1.165) is 35.0 Å². The minimum atomic E-state index is 0.701. The Balaban J connectivity index is 1.41. The Labute approximate surface area is 220 Å². The number of benzene rings is 4. The molecule has 3 heterocycles. The first kappa shape index (κ1) is 21.4. The standard InChI is InChI=1S/C34H26N4/c1-3-11-23(12-4-1)24-21-35-34(36-22-24)38-31-18-10-8-16-27(31)29-19-32-28(20-33(29)38)26-15-7-9-17-30(26)37(32)25-13-5-2-6-14-25/h1-6,8,10-14,16,18-22H,7,9,15,17H2. The Bertz CT molecular complexity index is 1950. The maximum Gasteiger partial charge on any atom is 0.234 e. The summed E-state index contributed by atoms with van der Waals surface area (Å²) in [5, 5.41) is 3.80. The van der Waals surface area contributed by atoms with Crippen molar-refractivity contribution in [2.24, 2.45) is 0 Å². The van der Waals surface area contributed by atoms with Crippen molar-refractivity contribution in [3.05, 3.63) is 121 Å². The summed E-state index contributed by atoms with van der Waals surface area (Å²) in [5.74, 6) is 0.701. The summed E-state index contributed by atoms with van der Waals surface area (Å²) in [4.78, 5) is 9.73. The normalized spacial score (nSPS) is 13.4. The number of hydrogen-bond acceptors (Lipinski definition) is 2. The van der Waals surface area contributed by atoms with Gasteiger partial charge in [-0.25, -0.2) is 9.97 Å². The van der Waals surface area contributed by atoms with Gasteiger partial charge < -0.3 is 4.57 Å². The number of aromatic nitrogens is 4. The van der Waals surface area contributed by atoms with Crippen molar-refractivity contribution < 1.29 is 0 Å². The molecule has 0 radical (unpaired) electrons. The lowest BCUT2D eigenvalue weighted by atomic mass is 9.95. The molecule has 0 unspecified atom stereocenters. The van der Waals surface area contributed by atoms with Crippen LogP contribution in [0.1, 0.15) is 24.1 Å². The number of nitrogens with zero attached hydrogens (tertiary/aromatic N) is 4. The third kappa shape index (κ3) is 3.16. The minimum Gasteiger partial charge on any atom is -0.313 e. The van der Waals surface area contributed by atoms with Gasteiger partial charge in [0.15, 0.2) is 0 Å². The van der Waals surface area contributed by atoms with Crippen LogP contribution in [0.2, 0.25) is 0 Å². The highest BCUT2D eigenvalue weighted by Gasteiger charge is 2.23. The molecular weight excluding hydrogens is 464 g/mol. The molecule has 8 rings (SSSR count). The predicted molar refractivity (Wildman–Crippen MR) is 155 cm³/mol. The lowest BCUT2D eigenvalue weighted by molar-refractivity contribution is 0.667. The molecule has 0 N–H and O–H groups in total. The van der Waals surface area contributed by atoms with Crippen LogP contribution in [-0.2, 0) is 12.8 Å². The number of aryl methyl sites for hydroxylation is 1. The van der Waals surface area contributed by atoms with Crippen molar-refractivity contribution in [3.8, 4) is 22.8 Å². The molecule has 182 valence electrons. The van der Waals surface area contributed by atoms with Gasteiger partial charge in [0.25, 0.3) is 0 Å². The highest BCUT2D eigenvalue weighted by atomic mass is 15.1. The molecular formula is C34H26N4. The molecule has 0 bridgehead atoms. The van der Waals surface area contributed by atoms with E-state index in [-0.39, 0.29) is 0 Å². The summed E-state index contributed by atoms with van der Waals surface area (Å²) in [6.45, 7) is 0. The molecule has 0 amide bonds. The van der Waals surface area contributed by atoms with Crippen LogP contribution in [-0.4, -0.2) is 19.1 Å². The Morgan fingerprint density at radius 3 is 2.00 bits per heavy atom. The third-order valence-electron chi connectivity index (χ3n) is 8.02. The maximum absolute atomic E-state index is 4.86. The first-order valence-corrected chi connectivity index (χ1v) is 13.4. The Hall–Kier alpha value is -4.70. The highest BCUT2D eigenvalue weighted by Crippen LogP contribution is 2.40. The van der Waals surface area contributed by atoms with E-state index in [4.69, 9.17) is 9.97 Å². The van der Waals surface area contributed by atoms with Crippen LogP contribution in [0.3, 0.4) is 0 Å². The second kappa shape index (κ2) is 8.42. The Morgan fingerprint density at radius 2 is 1.18 bits per heavy atom. The molecule has 38 heavy (non-hydrogen) atoms. The Kier molecular flexibility index (Phi) is 4.74. The van der Waals surface area contributed by atoms with Crippen molar-refractivity contribution in [2.45, 2.75) is 25.7 Å². The molecule has 7 aromatic rings. The van der Waals surface area contributed by atoms with E-state index in [1.807, 2.05) is 30.6 Å². The number of rotatable bonds is 3. The van der Waals surface area contributed by atoms with Crippen LogP contribution in [0.25, 0.3) is 55.5 Å². The van der Waals surface area contributed by atoms with E-state index >= 15 is 0 Å². The molecule has 0 atom stereocenters. The average molecular weight is 491 g/mol. The molecule has 0 fully saturated rings. The molecule has 1 aliphatic carbocycles. The fourth-order valence-corrected chi connectivity index (χ4v) is 6.31. The van der Waals surface area contributed by atoms with Gasteiger partial charge in [0.05, 0.1) is 16.6 Å². The summed E-state index contributed by atoms with van der Waals surface area (Å²) < 4.78 is 4.73. The van der Waals surface area contributed by atoms with Crippen molar-refractivity contribution in [1.29, 1.82) is 0 Å². The molecule has 0 saturated heterocycles. The van der Waals surface area contributed by atoms with E-state index in [0.29, 0.717) is 5.95 Å². The van der Waals surface area contributed by atoms with Gasteiger partial charge in [-0.05, 0) is 67.1 Å². The molecule has 0 aliphatic heterocycles. The van der Waals surface area contributed by atoms with Crippen LogP contribution >= 0.6 is 0 Å². The molecule has 4 aromatic carbocycles. The first-order valence-electron chi connectivity index (χ1n) is 13.4. The van der Waals surface area contributed by atoms with E-state index < -0.39 is 0 Å². The van der Waals surface area contributed by atoms with Crippen molar-refractivity contribution >= 4 is 32.7 Å². The zero-order valence-electron chi connectivity index (χ0n) is 21.0. The Morgan fingerprint density at radius 1 is 0.526 bits per heavy atom.